The maximum absolute atomic E-state index is 11.1. The molecule has 4 nitrogen and oxygen atoms in total. The number of carbonyl (C=O) groups is 1. The Morgan fingerprint density at radius 1 is 1.42 bits per heavy atom. The number of esters is 1. The van der Waals surface area contributed by atoms with Crippen LogP contribution in [-0.2, 0) is 9.53 Å². The topological polar surface area (TPSA) is 66.8 Å². The number of hydrogen-bond acceptors (Lipinski definition) is 4. The Balaban J connectivity index is 3.69. The Hall–Kier alpha value is -0.610. The van der Waals surface area contributed by atoms with Gasteiger partial charge in [-0.2, -0.15) is 0 Å². The van der Waals surface area contributed by atoms with Gasteiger partial charge in [0.1, 0.15) is 6.61 Å². The minimum atomic E-state index is -0.333. The summed E-state index contributed by atoms with van der Waals surface area (Å²) in [6.45, 7) is 1.75. The summed E-state index contributed by atoms with van der Waals surface area (Å²) in [5, 5.41) is 17.0. The van der Waals surface area contributed by atoms with E-state index >= 15 is 0 Å². The van der Waals surface area contributed by atoms with Gasteiger partial charge >= 0.3 is 5.97 Å². The van der Waals surface area contributed by atoms with Gasteiger partial charge in [-0.1, -0.05) is 6.92 Å². The van der Waals surface area contributed by atoms with Crippen molar-refractivity contribution in [2.45, 2.75) is 19.8 Å². The minimum Gasteiger partial charge on any atom is -0.463 e. The highest BCUT2D eigenvalue weighted by Crippen LogP contribution is 2.09. The van der Waals surface area contributed by atoms with Crippen molar-refractivity contribution in [1.82, 2.24) is 0 Å². The molecule has 0 aliphatic heterocycles. The average molecular weight is 176 g/mol. The van der Waals surface area contributed by atoms with Crippen LogP contribution in [0.15, 0.2) is 0 Å². The van der Waals surface area contributed by atoms with Crippen molar-refractivity contribution >= 4 is 5.97 Å². The molecule has 1 unspecified atom stereocenters. The molecule has 0 spiro atoms. The monoisotopic (exact) mass is 176 g/mol. The first-order valence-electron chi connectivity index (χ1n) is 4.14. The van der Waals surface area contributed by atoms with Crippen LogP contribution in [0, 0.1) is 5.92 Å². The molecule has 0 aromatic rings. The van der Waals surface area contributed by atoms with E-state index in [9.17, 15) is 4.79 Å². The molecule has 72 valence electrons. The fourth-order valence-corrected chi connectivity index (χ4v) is 0.909. The van der Waals surface area contributed by atoms with Crippen molar-refractivity contribution in [3.05, 3.63) is 0 Å². The van der Waals surface area contributed by atoms with E-state index in [2.05, 4.69) is 0 Å². The summed E-state index contributed by atoms with van der Waals surface area (Å²) in [6.07, 6.45) is 1.09. The van der Waals surface area contributed by atoms with Crippen LogP contribution in [0.1, 0.15) is 19.8 Å². The highest BCUT2D eigenvalue weighted by Gasteiger charge is 2.16. The third kappa shape index (κ3) is 4.31. The van der Waals surface area contributed by atoms with Gasteiger partial charge in [0.25, 0.3) is 0 Å². The first-order valence-corrected chi connectivity index (χ1v) is 4.14. The molecule has 0 amide bonds. The van der Waals surface area contributed by atoms with Gasteiger partial charge in [-0.15, -0.1) is 0 Å². The van der Waals surface area contributed by atoms with E-state index in [4.69, 9.17) is 14.9 Å². The zero-order valence-corrected chi connectivity index (χ0v) is 7.32. The largest absolute Gasteiger partial charge is 0.463 e. The van der Waals surface area contributed by atoms with Gasteiger partial charge in [0.2, 0.25) is 0 Å². The molecule has 0 saturated carbocycles. The standard InChI is InChI=1S/C8H16O4/c1-2-7(3-4-9)8(11)12-6-5-10/h7,9-10H,2-6H2,1H3. The number of ether oxygens (including phenoxy) is 1. The number of aliphatic hydroxyl groups excluding tert-OH is 2. The lowest BCUT2D eigenvalue weighted by molar-refractivity contribution is -0.150. The number of aliphatic hydroxyl groups is 2. The molecule has 1 atom stereocenters. The van der Waals surface area contributed by atoms with E-state index in [1.54, 1.807) is 0 Å². The fourth-order valence-electron chi connectivity index (χ4n) is 0.909. The predicted molar refractivity (Wildman–Crippen MR) is 43.5 cm³/mol. The van der Waals surface area contributed by atoms with Crippen molar-refractivity contribution in [3.8, 4) is 0 Å². The lowest BCUT2D eigenvalue weighted by Gasteiger charge is -2.11. The van der Waals surface area contributed by atoms with Gasteiger partial charge in [-0.25, -0.2) is 0 Å². The van der Waals surface area contributed by atoms with Gasteiger partial charge in [0.05, 0.1) is 12.5 Å². The summed E-state index contributed by atoms with van der Waals surface area (Å²) in [5.74, 6) is -0.567. The fraction of sp³-hybridized carbons (Fsp3) is 0.875. The molecule has 2 N–H and O–H groups in total. The summed E-state index contributed by atoms with van der Waals surface area (Å²) < 4.78 is 4.70. The van der Waals surface area contributed by atoms with Crippen molar-refractivity contribution in [2.24, 2.45) is 5.92 Å². The lowest BCUT2D eigenvalue weighted by Crippen LogP contribution is -2.19. The van der Waals surface area contributed by atoms with Gasteiger partial charge in [0, 0.05) is 6.61 Å². The second-order valence-corrected chi connectivity index (χ2v) is 2.51. The van der Waals surface area contributed by atoms with Crippen LogP contribution >= 0.6 is 0 Å². The molecule has 0 aromatic heterocycles. The minimum absolute atomic E-state index is 0.00721. The summed E-state index contributed by atoms with van der Waals surface area (Å²) in [6, 6.07) is 0. The smallest absolute Gasteiger partial charge is 0.309 e. The van der Waals surface area contributed by atoms with Crippen LogP contribution in [0.4, 0.5) is 0 Å². The van der Waals surface area contributed by atoms with Crippen LogP contribution in [0.25, 0.3) is 0 Å². The number of carbonyl (C=O) groups excluding carboxylic acids is 1. The van der Waals surface area contributed by atoms with Crippen LogP contribution in [0.3, 0.4) is 0 Å². The second kappa shape index (κ2) is 7.06. The van der Waals surface area contributed by atoms with E-state index < -0.39 is 0 Å². The molecule has 0 aliphatic rings. The summed E-state index contributed by atoms with van der Waals surface area (Å²) in [4.78, 5) is 11.1. The quantitative estimate of drug-likeness (QED) is 0.556. The number of hydrogen-bond donors (Lipinski definition) is 2. The summed E-state index contributed by atoms with van der Waals surface area (Å²) in [7, 11) is 0. The zero-order valence-electron chi connectivity index (χ0n) is 7.32. The third-order valence-corrected chi connectivity index (χ3v) is 1.64. The van der Waals surface area contributed by atoms with Crippen LogP contribution in [-0.4, -0.2) is 36.0 Å². The average Bonchev–Trinajstić information content (AvgIpc) is 2.10. The molecule has 12 heavy (non-hydrogen) atoms. The highest BCUT2D eigenvalue weighted by molar-refractivity contribution is 5.72. The first-order chi connectivity index (χ1) is 5.76. The van der Waals surface area contributed by atoms with Gasteiger partial charge in [-0.05, 0) is 12.8 Å². The summed E-state index contributed by atoms with van der Waals surface area (Å²) >= 11 is 0. The SMILES string of the molecule is CCC(CCO)C(=O)OCCO. The molecule has 0 fully saturated rings. The molecule has 0 heterocycles. The normalized spacial score (nSPS) is 12.6. The molecule has 4 heteroatoms. The van der Waals surface area contributed by atoms with E-state index in [1.807, 2.05) is 6.92 Å². The molecule has 0 aromatic carbocycles. The van der Waals surface area contributed by atoms with E-state index in [0.29, 0.717) is 12.8 Å². The van der Waals surface area contributed by atoms with E-state index in [1.165, 1.54) is 0 Å². The second-order valence-electron chi connectivity index (χ2n) is 2.51. The molecule has 0 aliphatic carbocycles. The Morgan fingerprint density at radius 3 is 2.50 bits per heavy atom. The van der Waals surface area contributed by atoms with Gasteiger partial charge in [-0.3, -0.25) is 4.79 Å². The van der Waals surface area contributed by atoms with Crippen LogP contribution < -0.4 is 0 Å². The van der Waals surface area contributed by atoms with E-state index in [0.717, 1.165) is 0 Å². The molecule has 0 radical (unpaired) electrons. The maximum atomic E-state index is 11.1. The van der Waals surface area contributed by atoms with Gasteiger partial charge < -0.3 is 14.9 Å². The Kier molecular flexibility index (Phi) is 6.70. The lowest BCUT2D eigenvalue weighted by atomic mass is 10.0. The first kappa shape index (κ1) is 11.4. The Bertz CT molecular complexity index is 124. The predicted octanol–water partition coefficient (Wildman–Crippen LogP) is -0.0695. The van der Waals surface area contributed by atoms with Crippen LogP contribution in [0.2, 0.25) is 0 Å². The zero-order chi connectivity index (χ0) is 9.40. The molecular formula is C8H16O4. The Labute approximate surface area is 72.2 Å². The van der Waals surface area contributed by atoms with Crippen molar-refractivity contribution in [3.63, 3.8) is 0 Å². The van der Waals surface area contributed by atoms with Crippen molar-refractivity contribution in [1.29, 1.82) is 0 Å². The highest BCUT2D eigenvalue weighted by atomic mass is 16.5. The Morgan fingerprint density at radius 2 is 2.08 bits per heavy atom. The summed E-state index contributed by atoms with van der Waals surface area (Å²) in [5.41, 5.74) is 0. The maximum Gasteiger partial charge on any atom is 0.309 e. The molecule has 0 saturated heterocycles. The third-order valence-electron chi connectivity index (χ3n) is 1.64. The molecule has 0 rings (SSSR count). The van der Waals surface area contributed by atoms with Crippen molar-refractivity contribution < 1.29 is 19.7 Å². The van der Waals surface area contributed by atoms with Crippen molar-refractivity contribution in [2.75, 3.05) is 19.8 Å². The molecular weight excluding hydrogens is 160 g/mol. The van der Waals surface area contributed by atoms with Gasteiger partial charge in [0.15, 0.2) is 0 Å². The van der Waals surface area contributed by atoms with Crippen LogP contribution in [0.5, 0.6) is 0 Å². The number of rotatable bonds is 6. The van der Waals surface area contributed by atoms with E-state index in [-0.39, 0.29) is 31.7 Å². The molecule has 0 bridgehead atoms.